The Bertz CT molecular complexity index is 841. The minimum Gasteiger partial charge on any atom is -0.368 e. The minimum atomic E-state index is -0.422. The smallest absolute Gasteiger partial charge is 0.327 e. The number of rotatable bonds is 6. The molecule has 0 aliphatic carbocycles. The number of piperidine rings is 1. The minimum absolute atomic E-state index is 0.0279. The van der Waals surface area contributed by atoms with E-state index in [1.807, 2.05) is 0 Å². The molecule has 10 heteroatoms. The topological polar surface area (TPSA) is 107 Å². The zero-order valence-electron chi connectivity index (χ0n) is 17.4. The number of carbonyl (C=O) groups is 3. The van der Waals surface area contributed by atoms with E-state index in [9.17, 15) is 24.5 Å². The number of fused-ring (bicyclic) bond motifs is 1. The van der Waals surface area contributed by atoms with Crippen LogP contribution in [0.2, 0.25) is 0 Å². The Morgan fingerprint density at radius 2 is 1.74 bits per heavy atom. The number of hydrogen-bond acceptors (Lipinski definition) is 6. The van der Waals surface area contributed by atoms with Gasteiger partial charge < -0.3 is 14.7 Å². The highest BCUT2D eigenvalue weighted by Gasteiger charge is 2.45. The van der Waals surface area contributed by atoms with Gasteiger partial charge in [0.15, 0.2) is 0 Å². The molecule has 4 amide bonds. The predicted octanol–water partition coefficient (Wildman–Crippen LogP) is 1.84. The number of non-ortho nitro benzene ring substituents is 1. The van der Waals surface area contributed by atoms with E-state index in [0.29, 0.717) is 52.1 Å². The number of carbonyl (C=O) groups excluding carboxylic acids is 3. The van der Waals surface area contributed by atoms with Crippen LogP contribution in [0.15, 0.2) is 24.3 Å². The summed E-state index contributed by atoms with van der Waals surface area (Å²) >= 11 is 0. The Morgan fingerprint density at radius 3 is 2.39 bits per heavy atom. The Balaban J connectivity index is 1.22. The lowest BCUT2D eigenvalue weighted by Crippen LogP contribution is -2.48. The Hall–Kier alpha value is -3.17. The average molecular weight is 429 g/mol. The Labute approximate surface area is 180 Å². The second-order valence-electron chi connectivity index (χ2n) is 8.22. The lowest BCUT2D eigenvalue weighted by atomic mass is 10.0. The number of amides is 4. The van der Waals surface area contributed by atoms with Gasteiger partial charge in [-0.25, -0.2) is 4.79 Å². The largest absolute Gasteiger partial charge is 0.368 e. The molecule has 4 rings (SSSR count). The molecule has 3 heterocycles. The van der Waals surface area contributed by atoms with Crippen LogP contribution in [0.3, 0.4) is 0 Å². The van der Waals surface area contributed by atoms with Gasteiger partial charge in [0.05, 0.1) is 4.92 Å². The first kappa shape index (κ1) is 21.1. The van der Waals surface area contributed by atoms with Crippen molar-refractivity contribution in [2.24, 2.45) is 0 Å². The third kappa shape index (κ3) is 4.33. The molecular formula is C21H27N5O5. The molecule has 3 saturated heterocycles. The van der Waals surface area contributed by atoms with Crippen molar-refractivity contribution in [3.63, 3.8) is 0 Å². The van der Waals surface area contributed by atoms with Crippen molar-refractivity contribution < 1.29 is 19.3 Å². The van der Waals surface area contributed by atoms with Gasteiger partial charge in [-0.2, -0.15) is 0 Å². The maximum Gasteiger partial charge on any atom is 0.327 e. The van der Waals surface area contributed by atoms with Crippen LogP contribution in [0.1, 0.15) is 32.1 Å². The van der Waals surface area contributed by atoms with Crippen molar-refractivity contribution >= 4 is 29.2 Å². The second-order valence-corrected chi connectivity index (χ2v) is 8.22. The number of benzene rings is 1. The van der Waals surface area contributed by atoms with Crippen LogP contribution in [0.5, 0.6) is 0 Å². The normalized spacial score (nSPS) is 21.5. The summed E-state index contributed by atoms with van der Waals surface area (Å²) in [5.41, 5.74) is 0.962. The first-order valence-electron chi connectivity index (χ1n) is 10.8. The van der Waals surface area contributed by atoms with Gasteiger partial charge in [-0.05, 0) is 37.8 Å². The predicted molar refractivity (Wildman–Crippen MR) is 113 cm³/mol. The quantitative estimate of drug-likeness (QED) is 0.388. The standard InChI is InChI=1S/C21H27N5O5/c27-19(5-3-11-25-20(28)18-4-1-2-10-24(18)21(25)29)23-14-12-22(13-15-23)16-6-8-17(9-7-16)26(30)31/h6-9,18H,1-5,10-15H2/t18-/m1/s1. The average Bonchev–Trinajstić information content (AvgIpc) is 3.04. The van der Waals surface area contributed by atoms with E-state index in [4.69, 9.17) is 0 Å². The van der Waals surface area contributed by atoms with Crippen molar-refractivity contribution in [1.29, 1.82) is 0 Å². The van der Waals surface area contributed by atoms with Crippen molar-refractivity contribution in [2.75, 3.05) is 44.2 Å². The summed E-state index contributed by atoms with van der Waals surface area (Å²) in [4.78, 5) is 54.8. The zero-order chi connectivity index (χ0) is 22.0. The van der Waals surface area contributed by atoms with Crippen LogP contribution in [0.4, 0.5) is 16.2 Å². The molecule has 3 fully saturated rings. The molecule has 0 N–H and O–H groups in total. The van der Waals surface area contributed by atoms with E-state index in [-0.39, 0.29) is 29.6 Å². The lowest BCUT2D eigenvalue weighted by molar-refractivity contribution is -0.384. The number of nitrogens with zero attached hydrogens (tertiary/aromatic N) is 5. The summed E-state index contributed by atoms with van der Waals surface area (Å²) < 4.78 is 0. The molecule has 1 atom stereocenters. The fourth-order valence-electron chi connectivity index (χ4n) is 4.60. The molecule has 0 radical (unpaired) electrons. The summed E-state index contributed by atoms with van der Waals surface area (Å²) in [6, 6.07) is 5.92. The van der Waals surface area contributed by atoms with Gasteiger partial charge in [-0.1, -0.05) is 0 Å². The molecule has 0 aromatic heterocycles. The highest BCUT2D eigenvalue weighted by Crippen LogP contribution is 2.27. The SMILES string of the molecule is O=C(CCCN1C(=O)[C@H]2CCCCN2C1=O)N1CCN(c2ccc([N+](=O)[O-])cc2)CC1. The van der Waals surface area contributed by atoms with E-state index < -0.39 is 4.92 Å². The fourth-order valence-corrected chi connectivity index (χ4v) is 4.60. The number of hydrogen-bond donors (Lipinski definition) is 0. The molecule has 31 heavy (non-hydrogen) atoms. The maximum absolute atomic E-state index is 12.6. The molecule has 0 unspecified atom stereocenters. The van der Waals surface area contributed by atoms with Gasteiger partial charge in [-0.15, -0.1) is 0 Å². The van der Waals surface area contributed by atoms with Gasteiger partial charge in [-0.3, -0.25) is 24.6 Å². The highest BCUT2D eigenvalue weighted by molar-refractivity contribution is 6.04. The highest BCUT2D eigenvalue weighted by atomic mass is 16.6. The monoisotopic (exact) mass is 429 g/mol. The first-order valence-corrected chi connectivity index (χ1v) is 10.8. The van der Waals surface area contributed by atoms with Crippen LogP contribution in [-0.2, 0) is 9.59 Å². The van der Waals surface area contributed by atoms with Gasteiger partial charge in [0.1, 0.15) is 6.04 Å². The summed E-state index contributed by atoms with van der Waals surface area (Å²) in [5.74, 6) is -0.0889. The van der Waals surface area contributed by atoms with Crippen LogP contribution in [-0.4, -0.2) is 82.8 Å². The Morgan fingerprint density at radius 1 is 1.03 bits per heavy atom. The van der Waals surface area contributed by atoms with E-state index in [2.05, 4.69) is 4.90 Å². The number of anilines is 1. The molecule has 1 aromatic rings. The molecule has 166 valence electrons. The molecular weight excluding hydrogens is 402 g/mol. The van der Waals surface area contributed by atoms with Gasteiger partial charge in [0.25, 0.3) is 11.6 Å². The van der Waals surface area contributed by atoms with Crippen LogP contribution >= 0.6 is 0 Å². The summed E-state index contributed by atoms with van der Waals surface area (Å²) in [5, 5.41) is 10.8. The van der Waals surface area contributed by atoms with E-state index in [0.717, 1.165) is 24.9 Å². The molecule has 3 aliphatic heterocycles. The molecule has 0 saturated carbocycles. The van der Waals surface area contributed by atoms with Crippen molar-refractivity contribution in [3.8, 4) is 0 Å². The molecule has 1 aromatic carbocycles. The summed E-state index contributed by atoms with van der Waals surface area (Å²) in [7, 11) is 0. The number of nitro benzene ring substituents is 1. The van der Waals surface area contributed by atoms with E-state index >= 15 is 0 Å². The lowest BCUT2D eigenvalue weighted by Gasteiger charge is -2.36. The summed E-state index contributed by atoms with van der Waals surface area (Å²) in [6.45, 7) is 3.40. The summed E-state index contributed by atoms with van der Waals surface area (Å²) in [6.07, 6.45) is 3.42. The molecule has 0 bridgehead atoms. The molecule has 0 spiro atoms. The van der Waals surface area contributed by atoms with E-state index in [1.54, 1.807) is 21.9 Å². The van der Waals surface area contributed by atoms with Gasteiger partial charge >= 0.3 is 6.03 Å². The van der Waals surface area contributed by atoms with Crippen molar-refractivity contribution in [1.82, 2.24) is 14.7 Å². The molecule has 10 nitrogen and oxygen atoms in total. The number of urea groups is 1. The van der Waals surface area contributed by atoms with Crippen LogP contribution in [0.25, 0.3) is 0 Å². The van der Waals surface area contributed by atoms with Crippen molar-refractivity contribution in [2.45, 2.75) is 38.1 Å². The van der Waals surface area contributed by atoms with Crippen LogP contribution < -0.4 is 4.90 Å². The maximum atomic E-state index is 12.6. The van der Waals surface area contributed by atoms with Gasteiger partial charge in [0.2, 0.25) is 5.91 Å². The zero-order valence-corrected chi connectivity index (χ0v) is 17.4. The first-order chi connectivity index (χ1) is 15.0. The van der Waals surface area contributed by atoms with Gasteiger partial charge in [0, 0.05) is 63.5 Å². The fraction of sp³-hybridized carbons (Fsp3) is 0.571. The van der Waals surface area contributed by atoms with E-state index in [1.165, 1.54) is 17.0 Å². The third-order valence-corrected chi connectivity index (χ3v) is 6.36. The molecule has 3 aliphatic rings. The third-order valence-electron chi connectivity index (χ3n) is 6.36. The number of piperazine rings is 1. The van der Waals surface area contributed by atoms with Crippen molar-refractivity contribution in [3.05, 3.63) is 34.4 Å². The number of nitro groups is 1. The van der Waals surface area contributed by atoms with Crippen LogP contribution in [0, 0.1) is 10.1 Å². The Kier molecular flexibility index (Phi) is 6.06. The second kappa shape index (κ2) is 8.91. The number of imide groups is 1.